The molecule has 0 aliphatic heterocycles. The van der Waals surface area contributed by atoms with Crippen LogP contribution in [0.15, 0.2) is 40.9 Å². The van der Waals surface area contributed by atoms with Crippen LogP contribution in [-0.4, -0.2) is 12.6 Å². The third kappa shape index (κ3) is 4.57. The lowest BCUT2D eigenvalue weighted by atomic mass is 10.1. The van der Waals surface area contributed by atoms with Crippen molar-refractivity contribution in [3.05, 3.63) is 57.6 Å². The third-order valence-electron chi connectivity index (χ3n) is 3.36. The molecule has 0 fully saturated rings. The minimum atomic E-state index is -4.05. The Kier molecular flexibility index (Phi) is 6.44. The zero-order chi connectivity index (χ0) is 20.2. The fraction of sp³-hybridized carbons (Fsp3) is 0.222. The first-order valence-electron chi connectivity index (χ1n) is 7.55. The van der Waals surface area contributed by atoms with Crippen LogP contribution < -0.4 is 4.74 Å². The van der Waals surface area contributed by atoms with Crippen LogP contribution in [0.4, 0.5) is 17.6 Å². The van der Waals surface area contributed by atoms with Crippen molar-refractivity contribution in [2.45, 2.75) is 19.3 Å². The minimum Gasteiger partial charge on any atom is -0.461 e. The molecule has 142 valence electrons. The van der Waals surface area contributed by atoms with Gasteiger partial charge < -0.3 is 9.47 Å². The first-order valence-corrected chi connectivity index (χ1v) is 8.35. The Morgan fingerprint density at radius 2 is 2.00 bits per heavy atom. The Bertz CT molecular complexity index is 897. The van der Waals surface area contributed by atoms with Crippen LogP contribution in [0.1, 0.15) is 30.0 Å². The zero-order valence-corrected chi connectivity index (χ0v) is 15.4. The molecular formula is C18H12BrF4NO3. The Morgan fingerprint density at radius 1 is 1.30 bits per heavy atom. The largest absolute Gasteiger partial charge is 0.461 e. The number of benzene rings is 2. The van der Waals surface area contributed by atoms with Crippen molar-refractivity contribution in [2.75, 3.05) is 6.61 Å². The number of carbonyl (C=O) groups is 1. The van der Waals surface area contributed by atoms with E-state index in [1.54, 1.807) is 6.07 Å². The zero-order valence-electron chi connectivity index (χ0n) is 13.8. The van der Waals surface area contributed by atoms with Crippen LogP contribution in [0.3, 0.4) is 0 Å². The van der Waals surface area contributed by atoms with E-state index in [9.17, 15) is 22.4 Å². The summed E-state index contributed by atoms with van der Waals surface area (Å²) in [5.41, 5.74) is -1.45. The van der Waals surface area contributed by atoms with E-state index < -0.39 is 35.2 Å². The molecule has 0 unspecified atom stereocenters. The smallest absolute Gasteiger partial charge is 0.382 e. The molecule has 27 heavy (non-hydrogen) atoms. The van der Waals surface area contributed by atoms with Gasteiger partial charge >= 0.3 is 11.9 Å². The monoisotopic (exact) mass is 445 g/mol. The molecular weight excluding hydrogens is 434 g/mol. The molecule has 0 N–H and O–H groups in total. The van der Waals surface area contributed by atoms with Crippen LogP contribution in [0.25, 0.3) is 0 Å². The van der Waals surface area contributed by atoms with Crippen molar-refractivity contribution in [2.24, 2.45) is 0 Å². The molecule has 0 saturated carbocycles. The molecule has 0 amide bonds. The van der Waals surface area contributed by atoms with Crippen molar-refractivity contribution in [1.29, 1.82) is 5.26 Å². The molecule has 0 heterocycles. The van der Waals surface area contributed by atoms with Gasteiger partial charge in [0.15, 0.2) is 0 Å². The van der Waals surface area contributed by atoms with E-state index in [2.05, 4.69) is 20.7 Å². The SMILES string of the molecule is CCOC(=O)C(F)(F)c1c(Br)cccc1Oc1cc(C#N)cc(C(F)F)c1. The molecule has 0 radical (unpaired) electrons. The van der Waals surface area contributed by atoms with Gasteiger partial charge in [-0.3, -0.25) is 0 Å². The molecule has 0 spiro atoms. The Hall–Kier alpha value is -2.60. The quantitative estimate of drug-likeness (QED) is 0.422. The molecule has 2 aromatic carbocycles. The summed E-state index contributed by atoms with van der Waals surface area (Å²) >= 11 is 2.94. The summed E-state index contributed by atoms with van der Waals surface area (Å²) in [4.78, 5) is 11.7. The van der Waals surface area contributed by atoms with Crippen molar-refractivity contribution in [3.8, 4) is 17.6 Å². The third-order valence-corrected chi connectivity index (χ3v) is 4.02. The van der Waals surface area contributed by atoms with Gasteiger partial charge in [0.05, 0.1) is 23.8 Å². The van der Waals surface area contributed by atoms with Crippen LogP contribution in [-0.2, 0) is 15.5 Å². The number of carbonyl (C=O) groups excluding carboxylic acids is 1. The maximum atomic E-state index is 14.6. The summed E-state index contributed by atoms with van der Waals surface area (Å²) in [5, 5.41) is 8.96. The lowest BCUT2D eigenvalue weighted by Crippen LogP contribution is -2.29. The number of nitriles is 1. The number of hydrogen-bond acceptors (Lipinski definition) is 4. The standard InChI is InChI=1S/C18H12BrF4NO3/c1-2-26-17(25)18(22,23)15-13(19)4-3-5-14(15)27-12-7-10(9-24)6-11(8-12)16(20)21/h3-8,16H,2H2,1H3. The lowest BCUT2D eigenvalue weighted by Gasteiger charge is -2.20. The van der Waals surface area contributed by atoms with Gasteiger partial charge in [0.25, 0.3) is 6.43 Å². The maximum Gasteiger partial charge on any atom is 0.382 e. The van der Waals surface area contributed by atoms with Crippen molar-refractivity contribution < 1.29 is 31.8 Å². The van der Waals surface area contributed by atoms with Gasteiger partial charge in [-0.25, -0.2) is 13.6 Å². The van der Waals surface area contributed by atoms with E-state index >= 15 is 0 Å². The van der Waals surface area contributed by atoms with E-state index in [4.69, 9.17) is 10.00 Å². The predicted molar refractivity (Wildman–Crippen MR) is 90.9 cm³/mol. The number of esters is 1. The van der Waals surface area contributed by atoms with Gasteiger partial charge in [0.2, 0.25) is 0 Å². The molecule has 0 aliphatic rings. The topological polar surface area (TPSA) is 59.3 Å². The van der Waals surface area contributed by atoms with E-state index in [1.807, 2.05) is 0 Å². The van der Waals surface area contributed by atoms with Crippen LogP contribution in [0, 0.1) is 11.3 Å². The minimum absolute atomic E-state index is 0.128. The van der Waals surface area contributed by atoms with Crippen LogP contribution in [0.5, 0.6) is 11.5 Å². The normalized spacial score (nSPS) is 11.2. The van der Waals surface area contributed by atoms with Gasteiger partial charge in [-0.2, -0.15) is 14.0 Å². The lowest BCUT2D eigenvalue weighted by molar-refractivity contribution is -0.173. The van der Waals surface area contributed by atoms with Crippen molar-refractivity contribution >= 4 is 21.9 Å². The number of ether oxygens (including phenoxy) is 2. The molecule has 0 bridgehead atoms. The highest BCUT2D eigenvalue weighted by Gasteiger charge is 2.46. The molecule has 2 aromatic rings. The van der Waals surface area contributed by atoms with Crippen LogP contribution >= 0.6 is 15.9 Å². The Balaban J connectivity index is 2.53. The number of hydrogen-bond donors (Lipinski definition) is 0. The molecule has 0 aromatic heterocycles. The van der Waals surface area contributed by atoms with E-state index in [1.165, 1.54) is 19.1 Å². The second kappa shape index (κ2) is 8.39. The average molecular weight is 446 g/mol. The maximum absolute atomic E-state index is 14.6. The molecule has 4 nitrogen and oxygen atoms in total. The highest BCUT2D eigenvalue weighted by Crippen LogP contribution is 2.43. The highest BCUT2D eigenvalue weighted by atomic mass is 79.9. The molecule has 0 saturated heterocycles. The average Bonchev–Trinajstić information content (AvgIpc) is 2.61. The summed E-state index contributed by atoms with van der Waals surface area (Å²) in [6, 6.07) is 8.50. The highest BCUT2D eigenvalue weighted by molar-refractivity contribution is 9.10. The van der Waals surface area contributed by atoms with Gasteiger partial charge in [-0.1, -0.05) is 22.0 Å². The first-order chi connectivity index (χ1) is 12.7. The summed E-state index contributed by atoms with van der Waals surface area (Å²) in [7, 11) is 0. The van der Waals surface area contributed by atoms with E-state index in [0.717, 1.165) is 24.3 Å². The van der Waals surface area contributed by atoms with E-state index in [-0.39, 0.29) is 22.4 Å². The molecule has 0 atom stereocenters. The summed E-state index contributed by atoms with van der Waals surface area (Å²) in [6.07, 6.45) is -2.89. The second-order valence-electron chi connectivity index (χ2n) is 5.21. The Labute approximate surface area is 160 Å². The summed E-state index contributed by atoms with van der Waals surface area (Å²) in [5.74, 6) is -6.52. The number of nitrogens with zero attached hydrogens (tertiary/aromatic N) is 1. The van der Waals surface area contributed by atoms with E-state index in [0.29, 0.717) is 0 Å². The second-order valence-corrected chi connectivity index (χ2v) is 6.07. The molecule has 2 rings (SSSR count). The summed E-state index contributed by atoms with van der Waals surface area (Å²) in [6.45, 7) is 1.13. The van der Waals surface area contributed by atoms with Crippen molar-refractivity contribution in [3.63, 3.8) is 0 Å². The van der Waals surface area contributed by atoms with Crippen molar-refractivity contribution in [1.82, 2.24) is 0 Å². The summed E-state index contributed by atoms with van der Waals surface area (Å²) < 4.78 is 64.7. The molecule has 0 aliphatic carbocycles. The fourth-order valence-corrected chi connectivity index (χ4v) is 2.81. The number of alkyl halides is 4. The van der Waals surface area contributed by atoms with Gasteiger partial charge in [0, 0.05) is 10.0 Å². The van der Waals surface area contributed by atoms with Gasteiger partial charge in [0.1, 0.15) is 11.5 Å². The molecule has 9 heteroatoms. The number of halogens is 5. The Morgan fingerprint density at radius 3 is 2.59 bits per heavy atom. The van der Waals surface area contributed by atoms with Crippen LogP contribution in [0.2, 0.25) is 0 Å². The first kappa shape index (κ1) is 20.7. The van der Waals surface area contributed by atoms with Gasteiger partial charge in [-0.15, -0.1) is 0 Å². The fourth-order valence-electron chi connectivity index (χ4n) is 2.22. The predicted octanol–water partition coefficient (Wildman–Crippen LogP) is 5.71. The number of rotatable bonds is 6. The van der Waals surface area contributed by atoms with Gasteiger partial charge in [-0.05, 0) is 37.3 Å².